The zero-order chi connectivity index (χ0) is 13.4. The Bertz CT molecular complexity index is 395. The van der Waals surface area contributed by atoms with Crippen molar-refractivity contribution in [1.29, 1.82) is 0 Å². The molecule has 0 aromatic heterocycles. The first-order chi connectivity index (χ1) is 8.76. The molecule has 0 unspecified atom stereocenters. The van der Waals surface area contributed by atoms with Gasteiger partial charge in [-0.3, -0.25) is 0 Å². The van der Waals surface area contributed by atoms with Crippen molar-refractivity contribution in [3.05, 3.63) is 28.8 Å². The van der Waals surface area contributed by atoms with Gasteiger partial charge in [-0.05, 0) is 19.1 Å². The molecule has 0 aliphatic heterocycles. The molecule has 2 N–H and O–H groups in total. The van der Waals surface area contributed by atoms with E-state index in [4.69, 9.17) is 15.9 Å². The van der Waals surface area contributed by atoms with Gasteiger partial charge >= 0.3 is 0 Å². The molecule has 4 heteroatoms. The second-order valence-corrected chi connectivity index (χ2v) is 3.63. The highest BCUT2D eigenvalue weighted by atomic mass is 16.5. The van der Waals surface area contributed by atoms with Crippen LogP contribution < -0.4 is 4.74 Å². The summed E-state index contributed by atoms with van der Waals surface area (Å²) in [5.41, 5.74) is 1.76. The first-order valence-corrected chi connectivity index (χ1v) is 5.81. The first kappa shape index (κ1) is 14.5. The fourth-order valence-electron chi connectivity index (χ4n) is 1.61. The van der Waals surface area contributed by atoms with Gasteiger partial charge in [-0.15, -0.1) is 6.42 Å². The quantitative estimate of drug-likeness (QED) is 0.561. The second-order valence-electron chi connectivity index (χ2n) is 3.63. The van der Waals surface area contributed by atoms with Crippen molar-refractivity contribution in [2.45, 2.75) is 20.1 Å². The average Bonchev–Trinajstić information content (AvgIpc) is 2.42. The van der Waals surface area contributed by atoms with E-state index >= 15 is 0 Å². The molecular formula is C14H18O4. The molecule has 0 spiro atoms. The van der Waals surface area contributed by atoms with E-state index in [0.29, 0.717) is 42.3 Å². The third-order valence-corrected chi connectivity index (χ3v) is 2.43. The van der Waals surface area contributed by atoms with Crippen LogP contribution in [-0.2, 0) is 18.0 Å². The number of ether oxygens (including phenoxy) is 2. The maximum atomic E-state index is 9.30. The summed E-state index contributed by atoms with van der Waals surface area (Å²) in [6.07, 6.45) is 5.31. The molecule has 4 nitrogen and oxygen atoms in total. The molecule has 98 valence electrons. The molecular weight excluding hydrogens is 232 g/mol. The number of rotatable bonds is 7. The van der Waals surface area contributed by atoms with E-state index in [1.807, 2.05) is 6.92 Å². The minimum absolute atomic E-state index is 0.188. The van der Waals surface area contributed by atoms with Gasteiger partial charge in [0.05, 0.1) is 19.8 Å². The van der Waals surface area contributed by atoms with Gasteiger partial charge in [0.15, 0.2) is 0 Å². The number of hydrogen-bond acceptors (Lipinski definition) is 4. The molecule has 0 saturated carbocycles. The summed E-state index contributed by atoms with van der Waals surface area (Å²) in [6, 6.07) is 3.35. The predicted octanol–water partition coefficient (Wildman–Crippen LogP) is 1.07. The van der Waals surface area contributed by atoms with Crippen LogP contribution in [0.25, 0.3) is 0 Å². The molecule has 1 rings (SSSR count). The van der Waals surface area contributed by atoms with Crippen molar-refractivity contribution in [3.8, 4) is 18.1 Å². The van der Waals surface area contributed by atoms with E-state index in [0.717, 1.165) is 0 Å². The molecule has 0 heterocycles. The third-order valence-electron chi connectivity index (χ3n) is 2.43. The molecule has 1 aromatic carbocycles. The standard InChI is InChI=1S/C14H18O4/c1-3-11-7-12(9-15)14(13(8-11)10-16)18-6-5-17-4-2/h1,7-8,15-16H,4-6,9-10H2,2H3. The molecule has 0 aliphatic carbocycles. The Balaban J connectivity index is 2.90. The lowest BCUT2D eigenvalue weighted by atomic mass is 10.0. The number of aliphatic hydroxyl groups is 2. The molecule has 0 fully saturated rings. The summed E-state index contributed by atoms with van der Waals surface area (Å²) < 4.78 is 10.7. The molecule has 1 aromatic rings. The number of benzene rings is 1. The maximum absolute atomic E-state index is 9.30. The number of hydrogen-bond donors (Lipinski definition) is 2. The molecule has 18 heavy (non-hydrogen) atoms. The molecule has 0 bridgehead atoms. The van der Waals surface area contributed by atoms with Gasteiger partial charge in [-0.25, -0.2) is 0 Å². The average molecular weight is 250 g/mol. The lowest BCUT2D eigenvalue weighted by molar-refractivity contribution is 0.108. The Labute approximate surface area is 107 Å². The summed E-state index contributed by atoms with van der Waals surface area (Å²) in [7, 11) is 0. The number of terminal acetylenes is 1. The summed E-state index contributed by atoms with van der Waals surface area (Å²) in [6.45, 7) is 2.98. The summed E-state index contributed by atoms with van der Waals surface area (Å²) in [5.74, 6) is 2.96. The van der Waals surface area contributed by atoms with Gasteiger partial charge in [0.25, 0.3) is 0 Å². The van der Waals surface area contributed by atoms with Crippen LogP contribution in [0, 0.1) is 12.3 Å². The molecule has 0 radical (unpaired) electrons. The SMILES string of the molecule is C#Cc1cc(CO)c(OCCOCC)c(CO)c1. The molecule has 0 atom stereocenters. The van der Waals surface area contributed by atoms with Gasteiger partial charge in [0.2, 0.25) is 0 Å². The van der Waals surface area contributed by atoms with Gasteiger partial charge in [-0.1, -0.05) is 5.92 Å². The zero-order valence-corrected chi connectivity index (χ0v) is 10.5. The first-order valence-electron chi connectivity index (χ1n) is 5.81. The Morgan fingerprint density at radius 1 is 1.17 bits per heavy atom. The van der Waals surface area contributed by atoms with Gasteiger partial charge in [-0.2, -0.15) is 0 Å². The van der Waals surface area contributed by atoms with Gasteiger partial charge in [0, 0.05) is 23.3 Å². The normalized spacial score (nSPS) is 10.1. The minimum Gasteiger partial charge on any atom is -0.490 e. The van der Waals surface area contributed by atoms with E-state index in [2.05, 4.69) is 5.92 Å². The minimum atomic E-state index is -0.188. The monoisotopic (exact) mass is 250 g/mol. The van der Waals surface area contributed by atoms with E-state index < -0.39 is 0 Å². The Kier molecular flexibility index (Phi) is 6.23. The van der Waals surface area contributed by atoms with Gasteiger partial charge in [0.1, 0.15) is 12.4 Å². The van der Waals surface area contributed by atoms with Crippen molar-refractivity contribution >= 4 is 0 Å². The van der Waals surface area contributed by atoms with Crippen LogP contribution in [0.15, 0.2) is 12.1 Å². The fourth-order valence-corrected chi connectivity index (χ4v) is 1.61. The highest BCUT2D eigenvalue weighted by Crippen LogP contribution is 2.26. The topological polar surface area (TPSA) is 58.9 Å². The largest absolute Gasteiger partial charge is 0.490 e. The highest BCUT2D eigenvalue weighted by molar-refractivity contribution is 5.48. The van der Waals surface area contributed by atoms with Crippen LogP contribution in [0.3, 0.4) is 0 Å². The maximum Gasteiger partial charge on any atom is 0.130 e. The lowest BCUT2D eigenvalue weighted by Gasteiger charge is -2.14. The summed E-state index contributed by atoms with van der Waals surface area (Å²) in [4.78, 5) is 0. The van der Waals surface area contributed by atoms with Crippen LogP contribution in [0.2, 0.25) is 0 Å². The fraction of sp³-hybridized carbons (Fsp3) is 0.429. The van der Waals surface area contributed by atoms with E-state index in [9.17, 15) is 10.2 Å². The van der Waals surface area contributed by atoms with Crippen molar-refractivity contribution < 1.29 is 19.7 Å². The lowest BCUT2D eigenvalue weighted by Crippen LogP contribution is -2.10. The van der Waals surface area contributed by atoms with E-state index in [-0.39, 0.29) is 13.2 Å². The Morgan fingerprint density at radius 2 is 1.78 bits per heavy atom. The van der Waals surface area contributed by atoms with Crippen LogP contribution in [0.1, 0.15) is 23.6 Å². The van der Waals surface area contributed by atoms with Crippen LogP contribution in [0.5, 0.6) is 5.75 Å². The van der Waals surface area contributed by atoms with Crippen LogP contribution in [-0.4, -0.2) is 30.0 Å². The number of aliphatic hydroxyl groups excluding tert-OH is 2. The molecule has 0 aliphatic rings. The highest BCUT2D eigenvalue weighted by Gasteiger charge is 2.11. The van der Waals surface area contributed by atoms with E-state index in [1.54, 1.807) is 12.1 Å². The van der Waals surface area contributed by atoms with Crippen LogP contribution in [0.4, 0.5) is 0 Å². The summed E-state index contributed by atoms with van der Waals surface area (Å²) >= 11 is 0. The third kappa shape index (κ3) is 3.74. The molecule has 0 saturated heterocycles. The molecule has 0 amide bonds. The van der Waals surface area contributed by atoms with Crippen molar-refractivity contribution in [2.24, 2.45) is 0 Å². The zero-order valence-electron chi connectivity index (χ0n) is 10.5. The van der Waals surface area contributed by atoms with Crippen molar-refractivity contribution in [1.82, 2.24) is 0 Å². The Hall–Kier alpha value is -1.54. The second kappa shape index (κ2) is 7.72. The predicted molar refractivity (Wildman–Crippen MR) is 68.2 cm³/mol. The Morgan fingerprint density at radius 3 is 2.22 bits per heavy atom. The van der Waals surface area contributed by atoms with Crippen molar-refractivity contribution in [2.75, 3.05) is 19.8 Å². The summed E-state index contributed by atoms with van der Waals surface area (Å²) in [5, 5.41) is 18.6. The van der Waals surface area contributed by atoms with Crippen LogP contribution >= 0.6 is 0 Å². The van der Waals surface area contributed by atoms with Crippen molar-refractivity contribution in [3.63, 3.8) is 0 Å². The smallest absolute Gasteiger partial charge is 0.130 e. The van der Waals surface area contributed by atoms with E-state index in [1.165, 1.54) is 0 Å². The van der Waals surface area contributed by atoms with Gasteiger partial charge < -0.3 is 19.7 Å².